The van der Waals surface area contributed by atoms with Gasteiger partial charge >= 0.3 is 0 Å². The quantitative estimate of drug-likeness (QED) is 0.512. The zero-order valence-electron chi connectivity index (χ0n) is 16.7. The first kappa shape index (κ1) is 21.5. The Labute approximate surface area is 170 Å². The van der Waals surface area contributed by atoms with E-state index in [-0.39, 0.29) is 6.10 Å². The molecular weight excluding hydrogens is 382 g/mol. The van der Waals surface area contributed by atoms with E-state index in [9.17, 15) is 0 Å². The lowest BCUT2D eigenvalue weighted by Crippen LogP contribution is -2.37. The first-order valence-electron chi connectivity index (χ1n) is 8.70. The largest absolute Gasteiger partial charge is 0.493 e. The van der Waals surface area contributed by atoms with Crippen LogP contribution in [0, 0.1) is 0 Å². The molecular formula is C20H26ClN3O4. The summed E-state index contributed by atoms with van der Waals surface area (Å²) in [7, 11) is 6.40. The maximum absolute atomic E-state index is 5.99. The van der Waals surface area contributed by atoms with E-state index in [1.165, 1.54) is 0 Å². The summed E-state index contributed by atoms with van der Waals surface area (Å²) in [5, 5.41) is 7.07. The normalized spacial score (nSPS) is 12.1. The average Bonchev–Trinajstić information content (AvgIpc) is 2.70. The summed E-state index contributed by atoms with van der Waals surface area (Å²) in [5.41, 5.74) is 0.742. The molecule has 8 heteroatoms. The highest BCUT2D eigenvalue weighted by molar-refractivity contribution is 6.30. The van der Waals surface area contributed by atoms with Crippen molar-refractivity contribution in [2.45, 2.75) is 13.0 Å². The van der Waals surface area contributed by atoms with Gasteiger partial charge in [-0.25, -0.2) is 0 Å². The molecule has 0 fully saturated rings. The summed E-state index contributed by atoms with van der Waals surface area (Å²) in [6.07, 6.45) is -0.100. The predicted octanol–water partition coefficient (Wildman–Crippen LogP) is 3.82. The second kappa shape index (κ2) is 10.5. The summed E-state index contributed by atoms with van der Waals surface area (Å²) >= 11 is 5.99. The maximum atomic E-state index is 5.99. The van der Waals surface area contributed by atoms with Crippen LogP contribution in [-0.4, -0.2) is 47.0 Å². The molecule has 0 heterocycles. The van der Waals surface area contributed by atoms with Gasteiger partial charge in [-0.2, -0.15) is 0 Å². The highest BCUT2D eigenvalue weighted by atomic mass is 35.5. The molecule has 0 aliphatic rings. The summed E-state index contributed by atoms with van der Waals surface area (Å²) < 4.78 is 21.9. The molecule has 0 saturated heterocycles. The number of rotatable bonds is 8. The smallest absolute Gasteiger partial charge is 0.203 e. The number of methoxy groups -OCH3 is 3. The van der Waals surface area contributed by atoms with Gasteiger partial charge < -0.3 is 29.6 Å². The molecule has 7 nitrogen and oxygen atoms in total. The third-order valence-corrected chi connectivity index (χ3v) is 4.08. The van der Waals surface area contributed by atoms with Gasteiger partial charge in [0.25, 0.3) is 0 Å². The van der Waals surface area contributed by atoms with E-state index in [1.54, 1.807) is 52.6 Å². The maximum Gasteiger partial charge on any atom is 0.203 e. The lowest BCUT2D eigenvalue weighted by atomic mass is 10.2. The van der Waals surface area contributed by atoms with E-state index in [4.69, 9.17) is 30.5 Å². The molecule has 0 radical (unpaired) electrons. The van der Waals surface area contributed by atoms with E-state index in [1.807, 2.05) is 19.1 Å². The van der Waals surface area contributed by atoms with Gasteiger partial charge in [-0.1, -0.05) is 17.7 Å². The van der Waals surface area contributed by atoms with Crippen molar-refractivity contribution < 1.29 is 18.9 Å². The van der Waals surface area contributed by atoms with Crippen molar-refractivity contribution in [3.05, 3.63) is 41.4 Å². The van der Waals surface area contributed by atoms with Gasteiger partial charge in [-0.15, -0.1) is 0 Å². The van der Waals surface area contributed by atoms with Gasteiger partial charge in [0, 0.05) is 29.9 Å². The standard InChI is InChI=1S/C20H26ClN3O4/c1-13(28-16-8-6-7-14(21)9-16)12-23-20(22-2)24-15-10-17(25-3)19(27-5)18(11-15)26-4/h6-11,13H,12H2,1-5H3,(H2,22,23,24). The van der Waals surface area contributed by atoms with E-state index in [0.29, 0.717) is 34.8 Å². The molecule has 0 aromatic heterocycles. The highest BCUT2D eigenvalue weighted by Gasteiger charge is 2.14. The molecule has 2 aromatic rings. The van der Waals surface area contributed by atoms with Crippen LogP contribution in [0.25, 0.3) is 0 Å². The van der Waals surface area contributed by atoms with Gasteiger partial charge in [-0.05, 0) is 25.1 Å². The minimum Gasteiger partial charge on any atom is -0.493 e. The van der Waals surface area contributed by atoms with Crippen LogP contribution >= 0.6 is 11.6 Å². The topological polar surface area (TPSA) is 73.3 Å². The fourth-order valence-electron chi connectivity index (χ4n) is 2.52. The molecule has 2 N–H and O–H groups in total. The molecule has 1 unspecified atom stereocenters. The number of hydrogen-bond donors (Lipinski definition) is 2. The summed E-state index contributed by atoms with van der Waals surface area (Å²) in [6, 6.07) is 10.9. The fraction of sp³-hybridized carbons (Fsp3) is 0.350. The van der Waals surface area contributed by atoms with E-state index < -0.39 is 0 Å². The Kier molecular flexibility index (Phi) is 8.07. The van der Waals surface area contributed by atoms with Crippen LogP contribution in [0.1, 0.15) is 6.92 Å². The van der Waals surface area contributed by atoms with Gasteiger partial charge in [0.2, 0.25) is 5.75 Å². The molecule has 2 aromatic carbocycles. The Bertz CT molecular complexity index is 789. The van der Waals surface area contributed by atoms with E-state index >= 15 is 0 Å². The van der Waals surface area contributed by atoms with Crippen molar-refractivity contribution in [3.8, 4) is 23.0 Å². The van der Waals surface area contributed by atoms with Crippen molar-refractivity contribution in [2.75, 3.05) is 40.2 Å². The number of ether oxygens (including phenoxy) is 4. The molecule has 0 amide bonds. The number of nitrogens with one attached hydrogen (secondary N) is 2. The number of hydrogen-bond acceptors (Lipinski definition) is 5. The predicted molar refractivity (Wildman–Crippen MR) is 113 cm³/mol. The number of nitrogens with zero attached hydrogens (tertiary/aromatic N) is 1. The number of benzene rings is 2. The SMILES string of the molecule is CN=C(NCC(C)Oc1cccc(Cl)c1)Nc1cc(OC)c(OC)c(OC)c1. The lowest BCUT2D eigenvalue weighted by Gasteiger charge is -2.19. The van der Waals surface area contributed by atoms with Crippen LogP contribution in [0.5, 0.6) is 23.0 Å². The molecule has 0 aliphatic heterocycles. The second-order valence-electron chi connectivity index (χ2n) is 5.88. The number of aliphatic imine (C=N–C) groups is 1. The molecule has 0 bridgehead atoms. The Hall–Kier alpha value is -2.80. The van der Waals surface area contributed by atoms with E-state index in [2.05, 4.69) is 15.6 Å². The zero-order chi connectivity index (χ0) is 20.5. The van der Waals surface area contributed by atoms with Crippen LogP contribution in [0.4, 0.5) is 5.69 Å². The van der Waals surface area contributed by atoms with Crippen LogP contribution in [-0.2, 0) is 0 Å². The Balaban J connectivity index is 2.00. The number of halogens is 1. The van der Waals surface area contributed by atoms with Crippen molar-refractivity contribution in [1.82, 2.24) is 5.32 Å². The van der Waals surface area contributed by atoms with Crippen molar-refractivity contribution in [3.63, 3.8) is 0 Å². The first-order chi connectivity index (χ1) is 13.5. The van der Waals surface area contributed by atoms with Crippen LogP contribution in [0.2, 0.25) is 5.02 Å². The Morgan fingerprint density at radius 1 is 1.07 bits per heavy atom. The van der Waals surface area contributed by atoms with Gasteiger partial charge in [0.15, 0.2) is 17.5 Å². The molecule has 0 spiro atoms. The molecule has 0 aliphatic carbocycles. The highest BCUT2D eigenvalue weighted by Crippen LogP contribution is 2.39. The zero-order valence-corrected chi connectivity index (χ0v) is 17.5. The minimum absolute atomic E-state index is 0.100. The third-order valence-electron chi connectivity index (χ3n) is 3.84. The van der Waals surface area contributed by atoms with Gasteiger partial charge in [0.1, 0.15) is 11.9 Å². The Morgan fingerprint density at radius 2 is 1.75 bits per heavy atom. The molecule has 1 atom stereocenters. The molecule has 2 rings (SSSR count). The Morgan fingerprint density at radius 3 is 2.29 bits per heavy atom. The average molecular weight is 408 g/mol. The minimum atomic E-state index is -0.100. The summed E-state index contributed by atoms with van der Waals surface area (Å²) in [5.74, 6) is 2.93. The van der Waals surface area contributed by atoms with Crippen molar-refractivity contribution in [1.29, 1.82) is 0 Å². The van der Waals surface area contributed by atoms with E-state index in [0.717, 1.165) is 11.4 Å². The van der Waals surface area contributed by atoms with Crippen molar-refractivity contribution in [2.24, 2.45) is 4.99 Å². The van der Waals surface area contributed by atoms with Crippen LogP contribution in [0.15, 0.2) is 41.4 Å². The lowest BCUT2D eigenvalue weighted by molar-refractivity contribution is 0.224. The summed E-state index contributed by atoms with van der Waals surface area (Å²) in [6.45, 7) is 2.50. The summed E-state index contributed by atoms with van der Waals surface area (Å²) in [4.78, 5) is 4.23. The molecule has 152 valence electrons. The van der Waals surface area contributed by atoms with Crippen molar-refractivity contribution >= 4 is 23.2 Å². The van der Waals surface area contributed by atoms with Gasteiger partial charge in [-0.3, -0.25) is 4.99 Å². The third kappa shape index (κ3) is 5.85. The number of anilines is 1. The molecule has 28 heavy (non-hydrogen) atoms. The monoisotopic (exact) mass is 407 g/mol. The van der Waals surface area contributed by atoms with Crippen LogP contribution < -0.4 is 29.6 Å². The first-order valence-corrected chi connectivity index (χ1v) is 9.08. The second-order valence-corrected chi connectivity index (χ2v) is 6.31. The molecule has 0 saturated carbocycles. The fourth-order valence-corrected chi connectivity index (χ4v) is 2.70. The van der Waals surface area contributed by atoms with Crippen LogP contribution in [0.3, 0.4) is 0 Å². The number of guanidine groups is 1. The van der Waals surface area contributed by atoms with Gasteiger partial charge in [0.05, 0.1) is 27.9 Å².